The molecule has 0 spiro atoms. The van der Waals surface area contributed by atoms with Crippen molar-refractivity contribution in [3.63, 3.8) is 0 Å². The van der Waals surface area contributed by atoms with E-state index in [1.807, 2.05) is 54.6 Å². The average molecular weight is 359 g/mol. The Labute approximate surface area is 155 Å². The molecule has 0 atom stereocenters. The number of tetrazole rings is 1. The van der Waals surface area contributed by atoms with Crippen molar-refractivity contribution in [1.29, 1.82) is 0 Å². The van der Waals surface area contributed by atoms with Crippen molar-refractivity contribution < 1.29 is 4.74 Å². The first-order valence-corrected chi connectivity index (χ1v) is 8.40. The molecular formula is C19H17N7O. The highest BCUT2D eigenvalue weighted by Crippen LogP contribution is 2.19. The lowest BCUT2D eigenvalue weighted by atomic mass is 10.2. The molecule has 0 bridgehead atoms. The lowest BCUT2D eigenvalue weighted by Crippen LogP contribution is -2.05. The van der Waals surface area contributed by atoms with E-state index >= 15 is 0 Å². The summed E-state index contributed by atoms with van der Waals surface area (Å²) >= 11 is 0. The predicted molar refractivity (Wildman–Crippen MR) is 99.9 cm³/mol. The zero-order valence-corrected chi connectivity index (χ0v) is 14.5. The standard InChI is InChI=1S/C19H17N7O/c1-2-12-27-16-10-8-15(9-11-16)19-23-25-26(24-19)13-17-20-18(22-21-17)14-6-4-3-5-7-14/h2-11H,1,12-13H2,(H,20,21,22). The molecule has 134 valence electrons. The smallest absolute Gasteiger partial charge is 0.204 e. The second-order valence-electron chi connectivity index (χ2n) is 5.74. The molecule has 2 heterocycles. The first-order chi connectivity index (χ1) is 13.3. The van der Waals surface area contributed by atoms with Gasteiger partial charge < -0.3 is 4.74 Å². The third-order valence-corrected chi connectivity index (χ3v) is 3.79. The van der Waals surface area contributed by atoms with Crippen molar-refractivity contribution in [2.24, 2.45) is 0 Å². The molecule has 4 rings (SSSR count). The van der Waals surface area contributed by atoms with Crippen molar-refractivity contribution in [3.8, 4) is 28.5 Å². The van der Waals surface area contributed by atoms with Crippen LogP contribution < -0.4 is 4.74 Å². The number of aromatic amines is 1. The summed E-state index contributed by atoms with van der Waals surface area (Å²) in [7, 11) is 0. The molecule has 0 saturated carbocycles. The molecule has 0 aliphatic heterocycles. The number of aromatic nitrogens is 7. The van der Waals surface area contributed by atoms with Crippen LogP contribution in [-0.4, -0.2) is 42.0 Å². The van der Waals surface area contributed by atoms with E-state index in [0.29, 0.717) is 30.6 Å². The largest absolute Gasteiger partial charge is 0.490 e. The first-order valence-electron chi connectivity index (χ1n) is 8.40. The molecule has 0 aliphatic carbocycles. The number of ether oxygens (including phenoxy) is 1. The molecule has 0 aliphatic rings. The van der Waals surface area contributed by atoms with Crippen molar-refractivity contribution in [2.75, 3.05) is 6.61 Å². The van der Waals surface area contributed by atoms with Crippen LogP contribution in [0.3, 0.4) is 0 Å². The summed E-state index contributed by atoms with van der Waals surface area (Å²) < 4.78 is 5.47. The van der Waals surface area contributed by atoms with Gasteiger partial charge in [0, 0.05) is 11.1 Å². The molecule has 2 aromatic heterocycles. The van der Waals surface area contributed by atoms with Crippen LogP contribution in [0.1, 0.15) is 5.82 Å². The van der Waals surface area contributed by atoms with Crippen molar-refractivity contribution in [2.45, 2.75) is 6.54 Å². The number of benzene rings is 2. The fourth-order valence-corrected chi connectivity index (χ4v) is 2.50. The van der Waals surface area contributed by atoms with E-state index in [1.54, 1.807) is 6.08 Å². The lowest BCUT2D eigenvalue weighted by Gasteiger charge is -2.02. The molecule has 8 heteroatoms. The Balaban J connectivity index is 1.45. The molecule has 0 unspecified atom stereocenters. The van der Waals surface area contributed by atoms with Gasteiger partial charge in [-0.25, -0.2) is 4.98 Å². The van der Waals surface area contributed by atoms with E-state index in [9.17, 15) is 0 Å². The summed E-state index contributed by atoms with van der Waals surface area (Å²) in [4.78, 5) is 5.96. The topological polar surface area (TPSA) is 94.4 Å². The minimum Gasteiger partial charge on any atom is -0.490 e. The van der Waals surface area contributed by atoms with E-state index in [-0.39, 0.29) is 0 Å². The van der Waals surface area contributed by atoms with Crippen LogP contribution in [0.2, 0.25) is 0 Å². The maximum absolute atomic E-state index is 5.47. The Bertz CT molecular complexity index is 1020. The molecule has 27 heavy (non-hydrogen) atoms. The van der Waals surface area contributed by atoms with Crippen molar-refractivity contribution in [1.82, 2.24) is 35.4 Å². The number of rotatable bonds is 7. The van der Waals surface area contributed by atoms with Gasteiger partial charge in [-0.2, -0.15) is 9.90 Å². The average Bonchev–Trinajstić information content (AvgIpc) is 3.38. The summed E-state index contributed by atoms with van der Waals surface area (Å²) in [6.45, 7) is 4.45. The summed E-state index contributed by atoms with van der Waals surface area (Å²) in [5, 5.41) is 19.7. The molecular weight excluding hydrogens is 342 g/mol. The maximum Gasteiger partial charge on any atom is 0.204 e. The van der Waals surface area contributed by atoms with Gasteiger partial charge in [0.1, 0.15) is 24.7 Å². The Morgan fingerprint density at radius 1 is 1.00 bits per heavy atom. The second-order valence-corrected chi connectivity index (χ2v) is 5.74. The molecule has 0 saturated heterocycles. The minimum absolute atomic E-state index is 0.355. The van der Waals surface area contributed by atoms with E-state index in [1.165, 1.54) is 4.80 Å². The van der Waals surface area contributed by atoms with Gasteiger partial charge in [-0.05, 0) is 29.5 Å². The number of nitrogens with one attached hydrogen (secondary N) is 1. The van der Waals surface area contributed by atoms with Crippen LogP contribution in [0.15, 0.2) is 67.3 Å². The number of nitrogens with zero attached hydrogens (tertiary/aromatic N) is 6. The van der Waals surface area contributed by atoms with E-state index < -0.39 is 0 Å². The lowest BCUT2D eigenvalue weighted by molar-refractivity contribution is 0.363. The maximum atomic E-state index is 5.47. The third-order valence-electron chi connectivity index (χ3n) is 3.79. The van der Waals surface area contributed by atoms with Gasteiger partial charge in [0.2, 0.25) is 5.82 Å². The molecule has 4 aromatic rings. The van der Waals surface area contributed by atoms with Gasteiger partial charge >= 0.3 is 0 Å². The van der Waals surface area contributed by atoms with Gasteiger partial charge in [-0.1, -0.05) is 43.0 Å². The SMILES string of the molecule is C=CCOc1ccc(-c2nnn(Cc3nc(-c4ccccc4)n[nH]3)n2)cc1. The summed E-state index contributed by atoms with van der Waals surface area (Å²) in [5.74, 6) is 2.60. The molecule has 0 radical (unpaired) electrons. The van der Waals surface area contributed by atoms with Crippen LogP contribution in [0.25, 0.3) is 22.8 Å². The molecule has 0 amide bonds. The van der Waals surface area contributed by atoms with Gasteiger partial charge in [-0.3, -0.25) is 5.10 Å². The van der Waals surface area contributed by atoms with E-state index in [4.69, 9.17) is 4.74 Å². The summed E-state index contributed by atoms with van der Waals surface area (Å²) in [6, 6.07) is 17.3. The van der Waals surface area contributed by atoms with Crippen LogP contribution >= 0.6 is 0 Å². The number of H-pyrrole nitrogens is 1. The Morgan fingerprint density at radius 2 is 1.78 bits per heavy atom. The Kier molecular flexibility index (Phi) is 4.69. The van der Waals surface area contributed by atoms with Gasteiger partial charge in [0.05, 0.1) is 0 Å². The summed E-state index contributed by atoms with van der Waals surface area (Å²) in [6.07, 6.45) is 1.70. The number of hydrogen-bond donors (Lipinski definition) is 1. The zero-order chi connectivity index (χ0) is 18.5. The van der Waals surface area contributed by atoms with Gasteiger partial charge in [-0.15, -0.1) is 10.2 Å². The van der Waals surface area contributed by atoms with Crippen LogP contribution in [0, 0.1) is 0 Å². The molecule has 2 aromatic carbocycles. The fourth-order valence-electron chi connectivity index (χ4n) is 2.50. The van der Waals surface area contributed by atoms with Crippen LogP contribution in [0.4, 0.5) is 0 Å². The third kappa shape index (κ3) is 3.90. The van der Waals surface area contributed by atoms with Crippen molar-refractivity contribution in [3.05, 3.63) is 73.1 Å². The van der Waals surface area contributed by atoms with E-state index in [2.05, 4.69) is 37.2 Å². The fraction of sp³-hybridized carbons (Fsp3) is 0.105. The highest BCUT2D eigenvalue weighted by atomic mass is 16.5. The van der Waals surface area contributed by atoms with Gasteiger partial charge in [0.15, 0.2) is 5.82 Å². The first kappa shape index (κ1) is 16.6. The highest BCUT2D eigenvalue weighted by molar-refractivity contribution is 5.55. The monoisotopic (exact) mass is 359 g/mol. The van der Waals surface area contributed by atoms with Gasteiger partial charge in [0.25, 0.3) is 0 Å². The highest BCUT2D eigenvalue weighted by Gasteiger charge is 2.10. The number of hydrogen-bond acceptors (Lipinski definition) is 6. The molecule has 0 fully saturated rings. The zero-order valence-electron chi connectivity index (χ0n) is 14.5. The van der Waals surface area contributed by atoms with Crippen LogP contribution in [0.5, 0.6) is 5.75 Å². The predicted octanol–water partition coefficient (Wildman–Crippen LogP) is 2.74. The molecule has 8 nitrogen and oxygen atoms in total. The molecule has 1 N–H and O–H groups in total. The van der Waals surface area contributed by atoms with E-state index in [0.717, 1.165) is 16.9 Å². The summed E-state index contributed by atoms with van der Waals surface area (Å²) in [5.41, 5.74) is 1.81. The van der Waals surface area contributed by atoms with Crippen LogP contribution in [-0.2, 0) is 6.54 Å². The minimum atomic E-state index is 0.355. The Morgan fingerprint density at radius 3 is 2.56 bits per heavy atom. The normalized spacial score (nSPS) is 10.7. The van der Waals surface area contributed by atoms with Crippen molar-refractivity contribution >= 4 is 0 Å². The quantitative estimate of drug-likeness (QED) is 0.510. The Hall–Kier alpha value is -3.81. The second kappa shape index (κ2) is 7.61.